The first-order chi connectivity index (χ1) is 9.63. The summed E-state index contributed by atoms with van der Waals surface area (Å²) in [4.78, 5) is 11.3. The fourth-order valence-electron chi connectivity index (χ4n) is 2.12. The first kappa shape index (κ1) is 15.5. The number of nitrogens with zero attached hydrogens (tertiary/aromatic N) is 3. The highest BCUT2D eigenvalue weighted by molar-refractivity contribution is 9.09. The average molecular weight is 344 g/mol. The van der Waals surface area contributed by atoms with E-state index in [9.17, 15) is 0 Å². The zero-order chi connectivity index (χ0) is 14.5. The molecule has 112 valence electrons. The molecule has 5 nitrogen and oxygen atoms in total. The quantitative estimate of drug-likeness (QED) is 0.769. The third-order valence-corrected chi connectivity index (χ3v) is 3.93. The van der Waals surface area contributed by atoms with Gasteiger partial charge in [-0.2, -0.15) is 4.98 Å². The van der Waals surface area contributed by atoms with Crippen molar-refractivity contribution in [3.8, 4) is 5.88 Å². The molecule has 2 atom stereocenters. The Labute approximate surface area is 128 Å². The van der Waals surface area contributed by atoms with E-state index < -0.39 is 0 Å². The van der Waals surface area contributed by atoms with Gasteiger partial charge < -0.3 is 14.4 Å². The molecule has 1 aromatic heterocycles. The number of morpholine rings is 1. The van der Waals surface area contributed by atoms with Crippen LogP contribution in [0.25, 0.3) is 0 Å². The van der Waals surface area contributed by atoms with E-state index in [4.69, 9.17) is 9.47 Å². The number of rotatable bonds is 5. The molecule has 0 aliphatic carbocycles. The van der Waals surface area contributed by atoms with E-state index in [1.807, 2.05) is 13.0 Å². The molecule has 1 saturated heterocycles. The van der Waals surface area contributed by atoms with E-state index in [0.29, 0.717) is 19.1 Å². The Balaban J connectivity index is 2.19. The number of ether oxygens (including phenoxy) is 2. The van der Waals surface area contributed by atoms with Crippen LogP contribution in [0.15, 0.2) is 6.07 Å². The molecule has 20 heavy (non-hydrogen) atoms. The summed E-state index contributed by atoms with van der Waals surface area (Å²) in [6.07, 6.45) is 1.15. The molecule has 1 aliphatic heterocycles. The fraction of sp³-hybridized carbons (Fsp3) is 0.714. The van der Waals surface area contributed by atoms with Crippen molar-refractivity contribution in [3.05, 3.63) is 11.8 Å². The zero-order valence-electron chi connectivity index (χ0n) is 12.3. The first-order valence-corrected chi connectivity index (χ1v) is 8.18. The molecule has 0 N–H and O–H groups in total. The molecule has 0 saturated carbocycles. The topological polar surface area (TPSA) is 47.5 Å². The molecule has 0 bridgehead atoms. The lowest BCUT2D eigenvalue weighted by molar-refractivity contribution is 0.0372. The number of aromatic nitrogens is 2. The van der Waals surface area contributed by atoms with Gasteiger partial charge >= 0.3 is 0 Å². The van der Waals surface area contributed by atoms with Gasteiger partial charge in [0.1, 0.15) is 0 Å². The molecule has 1 aliphatic rings. The summed E-state index contributed by atoms with van der Waals surface area (Å²) in [5, 5.41) is 0.821. The van der Waals surface area contributed by atoms with Gasteiger partial charge in [0.25, 0.3) is 0 Å². The lowest BCUT2D eigenvalue weighted by Crippen LogP contribution is -2.49. The maximum absolute atomic E-state index is 5.74. The molecule has 2 unspecified atom stereocenters. The minimum Gasteiger partial charge on any atom is -0.478 e. The Kier molecular flexibility index (Phi) is 5.60. The molecule has 0 spiro atoms. The summed E-state index contributed by atoms with van der Waals surface area (Å²) < 4.78 is 11.4. The van der Waals surface area contributed by atoms with Crippen LogP contribution in [-0.2, 0) is 4.74 Å². The second-order valence-corrected chi connectivity index (χ2v) is 5.75. The summed E-state index contributed by atoms with van der Waals surface area (Å²) >= 11 is 3.48. The molecular formula is C14H22BrN3O2. The van der Waals surface area contributed by atoms with Gasteiger partial charge in [-0.25, -0.2) is 4.98 Å². The number of hydrogen-bond acceptors (Lipinski definition) is 5. The SMILES string of the molecule is CCCOc1cc(C)nc(N2CC(CBr)OCC2C)n1. The number of halogens is 1. The Hall–Kier alpha value is -0.880. The molecule has 1 fully saturated rings. The molecule has 2 heterocycles. The Morgan fingerprint density at radius 1 is 1.50 bits per heavy atom. The van der Waals surface area contributed by atoms with E-state index in [1.54, 1.807) is 0 Å². The van der Waals surface area contributed by atoms with Crippen molar-refractivity contribution in [2.24, 2.45) is 0 Å². The highest BCUT2D eigenvalue weighted by Crippen LogP contribution is 2.22. The number of aryl methyl sites for hydroxylation is 1. The van der Waals surface area contributed by atoms with Gasteiger partial charge in [0.2, 0.25) is 11.8 Å². The van der Waals surface area contributed by atoms with Crippen LogP contribution < -0.4 is 9.64 Å². The normalized spacial score (nSPS) is 22.9. The van der Waals surface area contributed by atoms with Crippen LogP contribution in [-0.4, -0.2) is 47.2 Å². The molecule has 2 rings (SSSR count). The van der Waals surface area contributed by atoms with Gasteiger partial charge in [0, 0.05) is 23.6 Å². The minimum absolute atomic E-state index is 0.176. The van der Waals surface area contributed by atoms with E-state index in [-0.39, 0.29) is 12.1 Å². The zero-order valence-corrected chi connectivity index (χ0v) is 13.9. The largest absolute Gasteiger partial charge is 0.478 e. The lowest BCUT2D eigenvalue weighted by atomic mass is 10.2. The van der Waals surface area contributed by atoms with Crippen LogP contribution in [0.5, 0.6) is 5.88 Å². The van der Waals surface area contributed by atoms with Crippen molar-refractivity contribution in [1.29, 1.82) is 0 Å². The van der Waals surface area contributed by atoms with Crippen molar-refractivity contribution < 1.29 is 9.47 Å². The summed E-state index contributed by atoms with van der Waals surface area (Å²) in [7, 11) is 0. The Bertz CT molecular complexity index is 444. The third-order valence-electron chi connectivity index (χ3n) is 3.21. The van der Waals surface area contributed by atoms with Crippen molar-refractivity contribution in [1.82, 2.24) is 9.97 Å². The Morgan fingerprint density at radius 3 is 3.00 bits per heavy atom. The average Bonchev–Trinajstić information content (AvgIpc) is 2.45. The van der Waals surface area contributed by atoms with Gasteiger partial charge in [-0.15, -0.1) is 0 Å². The molecule has 6 heteroatoms. The van der Waals surface area contributed by atoms with Crippen LogP contribution >= 0.6 is 15.9 Å². The van der Waals surface area contributed by atoms with E-state index in [0.717, 1.165) is 29.9 Å². The molecule has 1 aromatic rings. The second-order valence-electron chi connectivity index (χ2n) is 5.11. The fourth-order valence-corrected chi connectivity index (χ4v) is 2.51. The van der Waals surface area contributed by atoms with Crippen LogP contribution in [0.2, 0.25) is 0 Å². The lowest BCUT2D eigenvalue weighted by Gasteiger charge is -2.37. The smallest absolute Gasteiger partial charge is 0.229 e. The maximum atomic E-state index is 5.74. The summed E-state index contributed by atoms with van der Waals surface area (Å²) in [6, 6.07) is 2.15. The van der Waals surface area contributed by atoms with Crippen molar-refractivity contribution in [2.75, 3.05) is 30.0 Å². The van der Waals surface area contributed by atoms with Crippen LogP contribution in [0.4, 0.5) is 5.95 Å². The van der Waals surface area contributed by atoms with Crippen molar-refractivity contribution in [2.45, 2.75) is 39.3 Å². The van der Waals surface area contributed by atoms with E-state index >= 15 is 0 Å². The molecule has 0 aromatic carbocycles. The summed E-state index contributed by atoms with van der Waals surface area (Å²) in [6.45, 7) is 8.35. The van der Waals surface area contributed by atoms with E-state index in [1.165, 1.54) is 0 Å². The van der Waals surface area contributed by atoms with E-state index in [2.05, 4.69) is 44.6 Å². The summed E-state index contributed by atoms with van der Waals surface area (Å²) in [5.74, 6) is 1.39. The highest BCUT2D eigenvalue weighted by Gasteiger charge is 2.27. The maximum Gasteiger partial charge on any atom is 0.229 e. The van der Waals surface area contributed by atoms with Crippen LogP contribution in [0.3, 0.4) is 0 Å². The van der Waals surface area contributed by atoms with Crippen molar-refractivity contribution >= 4 is 21.9 Å². The molecular weight excluding hydrogens is 322 g/mol. The van der Waals surface area contributed by atoms with Crippen LogP contribution in [0.1, 0.15) is 26.0 Å². The van der Waals surface area contributed by atoms with Crippen molar-refractivity contribution in [3.63, 3.8) is 0 Å². The van der Waals surface area contributed by atoms with Gasteiger partial charge in [0.15, 0.2) is 0 Å². The van der Waals surface area contributed by atoms with Crippen LogP contribution in [0, 0.1) is 6.92 Å². The summed E-state index contributed by atoms with van der Waals surface area (Å²) in [5.41, 5.74) is 0.926. The first-order valence-electron chi connectivity index (χ1n) is 7.06. The predicted molar refractivity (Wildman–Crippen MR) is 82.9 cm³/mol. The predicted octanol–water partition coefficient (Wildman–Crippen LogP) is 2.56. The van der Waals surface area contributed by atoms with Gasteiger partial charge in [-0.05, 0) is 20.3 Å². The Morgan fingerprint density at radius 2 is 2.30 bits per heavy atom. The monoisotopic (exact) mass is 343 g/mol. The third kappa shape index (κ3) is 3.82. The number of anilines is 1. The van der Waals surface area contributed by atoms with Gasteiger partial charge in [-0.1, -0.05) is 22.9 Å². The second kappa shape index (κ2) is 7.22. The molecule has 0 amide bonds. The number of alkyl halides is 1. The minimum atomic E-state index is 0.176. The van der Waals surface area contributed by atoms with Gasteiger partial charge in [0.05, 0.1) is 25.4 Å². The number of hydrogen-bond donors (Lipinski definition) is 0. The molecule has 0 radical (unpaired) electrons. The van der Waals surface area contributed by atoms with Gasteiger partial charge in [-0.3, -0.25) is 0 Å². The highest BCUT2D eigenvalue weighted by atomic mass is 79.9. The standard InChI is InChI=1S/C14H22BrN3O2/c1-4-5-19-13-6-10(2)16-14(17-13)18-8-12(7-15)20-9-11(18)3/h6,11-12H,4-5,7-9H2,1-3H3.